The lowest BCUT2D eigenvalue weighted by Gasteiger charge is -2.16. The predicted molar refractivity (Wildman–Crippen MR) is 55.8 cm³/mol. The summed E-state index contributed by atoms with van der Waals surface area (Å²) in [7, 11) is -2.94. The normalized spacial score (nSPS) is 20.7. The maximum absolute atomic E-state index is 11.4. The smallest absolute Gasteiger partial charge is 0.154 e. The molecule has 0 aliphatic carbocycles. The SMILES string of the molecule is CC(N)c1ncc2c(n1)CCS(=O)(=O)C2. The second-order valence-corrected chi connectivity index (χ2v) is 6.01. The number of nitrogens with zero attached hydrogens (tertiary/aromatic N) is 2. The molecular formula is C9H13N3O2S. The summed E-state index contributed by atoms with van der Waals surface area (Å²) in [5.41, 5.74) is 7.20. The lowest BCUT2D eigenvalue weighted by atomic mass is 10.2. The van der Waals surface area contributed by atoms with Crippen molar-refractivity contribution >= 4 is 9.84 Å². The maximum atomic E-state index is 11.4. The van der Waals surface area contributed by atoms with Crippen molar-refractivity contribution in [3.63, 3.8) is 0 Å². The maximum Gasteiger partial charge on any atom is 0.154 e. The Labute approximate surface area is 88.7 Å². The molecule has 0 bridgehead atoms. The summed E-state index contributed by atoms with van der Waals surface area (Å²) in [6.07, 6.45) is 2.05. The third-order valence-corrected chi connectivity index (χ3v) is 3.98. The topological polar surface area (TPSA) is 85.9 Å². The lowest BCUT2D eigenvalue weighted by molar-refractivity contribution is 0.589. The Morgan fingerprint density at radius 1 is 1.53 bits per heavy atom. The molecule has 1 aromatic rings. The Bertz CT molecular complexity index is 482. The van der Waals surface area contributed by atoms with Crippen molar-refractivity contribution in [2.45, 2.75) is 25.1 Å². The molecule has 6 heteroatoms. The van der Waals surface area contributed by atoms with Crippen LogP contribution in [0.15, 0.2) is 6.20 Å². The number of aromatic nitrogens is 2. The summed E-state index contributed by atoms with van der Waals surface area (Å²) >= 11 is 0. The fraction of sp³-hybridized carbons (Fsp3) is 0.556. The van der Waals surface area contributed by atoms with E-state index in [0.717, 1.165) is 5.69 Å². The van der Waals surface area contributed by atoms with Crippen molar-refractivity contribution in [2.24, 2.45) is 5.73 Å². The van der Waals surface area contributed by atoms with Gasteiger partial charge in [-0.05, 0) is 6.92 Å². The van der Waals surface area contributed by atoms with Gasteiger partial charge in [-0.3, -0.25) is 0 Å². The molecule has 1 aromatic heterocycles. The number of rotatable bonds is 1. The first-order valence-corrected chi connectivity index (χ1v) is 6.61. The highest BCUT2D eigenvalue weighted by Crippen LogP contribution is 2.19. The van der Waals surface area contributed by atoms with E-state index in [1.807, 2.05) is 0 Å². The standard InChI is InChI=1S/C9H13N3O2S/c1-6(10)9-11-4-7-5-15(13,14)3-2-8(7)12-9/h4,6H,2-3,5,10H2,1H3. The molecule has 0 fully saturated rings. The Hall–Kier alpha value is -1.01. The van der Waals surface area contributed by atoms with Crippen LogP contribution in [0.5, 0.6) is 0 Å². The van der Waals surface area contributed by atoms with Crippen molar-refractivity contribution < 1.29 is 8.42 Å². The average Bonchev–Trinajstić information content (AvgIpc) is 2.15. The fourth-order valence-corrected chi connectivity index (χ4v) is 2.94. The molecule has 0 saturated heterocycles. The Balaban J connectivity index is 2.41. The van der Waals surface area contributed by atoms with Gasteiger partial charge in [0.05, 0.1) is 17.5 Å². The van der Waals surface area contributed by atoms with E-state index < -0.39 is 9.84 Å². The monoisotopic (exact) mass is 227 g/mol. The number of aryl methyl sites for hydroxylation is 1. The quantitative estimate of drug-likeness (QED) is 0.728. The minimum atomic E-state index is -2.94. The molecule has 0 radical (unpaired) electrons. The summed E-state index contributed by atoms with van der Waals surface area (Å²) in [5.74, 6) is 0.810. The molecule has 82 valence electrons. The van der Waals surface area contributed by atoms with E-state index in [4.69, 9.17) is 5.73 Å². The van der Waals surface area contributed by atoms with E-state index in [1.54, 1.807) is 13.1 Å². The molecule has 0 spiro atoms. The van der Waals surface area contributed by atoms with Crippen molar-refractivity contribution in [1.29, 1.82) is 0 Å². The van der Waals surface area contributed by atoms with Gasteiger partial charge < -0.3 is 5.73 Å². The van der Waals surface area contributed by atoms with Gasteiger partial charge in [0.1, 0.15) is 5.82 Å². The highest BCUT2D eigenvalue weighted by atomic mass is 32.2. The van der Waals surface area contributed by atoms with E-state index in [0.29, 0.717) is 17.8 Å². The predicted octanol–water partition coefficient (Wildman–Crippen LogP) is -0.0328. The van der Waals surface area contributed by atoms with E-state index in [-0.39, 0.29) is 17.5 Å². The highest BCUT2D eigenvalue weighted by molar-refractivity contribution is 7.90. The first kappa shape index (κ1) is 10.5. The van der Waals surface area contributed by atoms with Crippen LogP contribution in [0.4, 0.5) is 0 Å². The zero-order valence-corrected chi connectivity index (χ0v) is 9.29. The second-order valence-electron chi connectivity index (χ2n) is 3.83. The number of nitrogens with two attached hydrogens (primary N) is 1. The lowest BCUT2D eigenvalue weighted by Crippen LogP contribution is -2.22. The molecule has 5 nitrogen and oxygen atoms in total. The van der Waals surface area contributed by atoms with Gasteiger partial charge in [-0.1, -0.05) is 0 Å². The van der Waals surface area contributed by atoms with Gasteiger partial charge in [-0.25, -0.2) is 18.4 Å². The zero-order chi connectivity index (χ0) is 11.1. The molecule has 0 saturated carbocycles. The van der Waals surface area contributed by atoms with Gasteiger partial charge in [-0.2, -0.15) is 0 Å². The summed E-state index contributed by atoms with van der Waals surface area (Å²) < 4.78 is 22.7. The zero-order valence-electron chi connectivity index (χ0n) is 8.47. The number of hydrogen-bond donors (Lipinski definition) is 1. The summed E-state index contributed by atoms with van der Waals surface area (Å²) in [5, 5.41) is 0. The minimum absolute atomic E-state index is 0.0571. The van der Waals surface area contributed by atoms with Crippen LogP contribution < -0.4 is 5.73 Å². The summed E-state index contributed by atoms with van der Waals surface area (Å²) in [4.78, 5) is 8.33. The second kappa shape index (κ2) is 3.53. The third kappa shape index (κ3) is 2.15. The van der Waals surface area contributed by atoms with Gasteiger partial charge in [0.25, 0.3) is 0 Å². The van der Waals surface area contributed by atoms with Crippen molar-refractivity contribution in [2.75, 3.05) is 5.75 Å². The number of fused-ring (bicyclic) bond motifs is 1. The van der Waals surface area contributed by atoms with Crippen LogP contribution in [-0.4, -0.2) is 24.1 Å². The van der Waals surface area contributed by atoms with Gasteiger partial charge in [0, 0.05) is 23.9 Å². The summed E-state index contributed by atoms with van der Waals surface area (Å²) in [6, 6.07) is -0.214. The van der Waals surface area contributed by atoms with E-state index in [1.165, 1.54) is 0 Å². The Morgan fingerprint density at radius 2 is 2.27 bits per heavy atom. The minimum Gasteiger partial charge on any atom is -0.322 e. The average molecular weight is 227 g/mol. The Kier molecular flexibility index (Phi) is 2.47. The van der Waals surface area contributed by atoms with Crippen molar-refractivity contribution in [1.82, 2.24) is 9.97 Å². The molecule has 1 unspecified atom stereocenters. The van der Waals surface area contributed by atoms with Crippen LogP contribution in [0.25, 0.3) is 0 Å². The molecule has 0 amide bonds. The van der Waals surface area contributed by atoms with Gasteiger partial charge in [-0.15, -0.1) is 0 Å². The molecule has 1 aliphatic rings. The summed E-state index contributed by atoms with van der Waals surface area (Å²) in [6.45, 7) is 1.81. The Morgan fingerprint density at radius 3 is 2.93 bits per heavy atom. The van der Waals surface area contributed by atoms with Gasteiger partial charge in [0.15, 0.2) is 9.84 Å². The van der Waals surface area contributed by atoms with Crippen LogP contribution in [0.3, 0.4) is 0 Å². The molecule has 0 aromatic carbocycles. The van der Waals surface area contributed by atoms with Gasteiger partial charge in [0.2, 0.25) is 0 Å². The third-order valence-electron chi connectivity index (χ3n) is 2.41. The van der Waals surface area contributed by atoms with E-state index in [9.17, 15) is 8.42 Å². The van der Waals surface area contributed by atoms with Crippen LogP contribution in [0.2, 0.25) is 0 Å². The first-order chi connectivity index (χ1) is 6.98. The molecular weight excluding hydrogens is 214 g/mol. The highest BCUT2D eigenvalue weighted by Gasteiger charge is 2.23. The van der Waals surface area contributed by atoms with E-state index in [2.05, 4.69) is 9.97 Å². The van der Waals surface area contributed by atoms with Crippen LogP contribution in [0, 0.1) is 0 Å². The molecule has 1 aliphatic heterocycles. The number of sulfone groups is 1. The molecule has 2 rings (SSSR count). The van der Waals surface area contributed by atoms with Crippen molar-refractivity contribution in [3.8, 4) is 0 Å². The van der Waals surface area contributed by atoms with Crippen molar-refractivity contribution in [3.05, 3.63) is 23.3 Å². The molecule has 1 atom stereocenters. The van der Waals surface area contributed by atoms with E-state index >= 15 is 0 Å². The van der Waals surface area contributed by atoms with Crippen LogP contribution in [0.1, 0.15) is 30.0 Å². The largest absolute Gasteiger partial charge is 0.322 e. The fourth-order valence-electron chi connectivity index (χ4n) is 1.58. The molecule has 2 heterocycles. The number of hydrogen-bond acceptors (Lipinski definition) is 5. The van der Waals surface area contributed by atoms with Gasteiger partial charge >= 0.3 is 0 Å². The molecule has 15 heavy (non-hydrogen) atoms. The van der Waals surface area contributed by atoms with Crippen LogP contribution >= 0.6 is 0 Å². The van der Waals surface area contributed by atoms with Crippen LogP contribution in [-0.2, 0) is 22.0 Å². The first-order valence-electron chi connectivity index (χ1n) is 4.78. The molecule has 2 N–H and O–H groups in total.